The van der Waals surface area contributed by atoms with Crippen LogP contribution in [0.3, 0.4) is 0 Å². The number of aromatic nitrogens is 4. The van der Waals surface area contributed by atoms with Crippen LogP contribution in [0.4, 0.5) is 0 Å². The summed E-state index contributed by atoms with van der Waals surface area (Å²) in [7, 11) is 0. The molecule has 2 N–H and O–H groups in total. The summed E-state index contributed by atoms with van der Waals surface area (Å²) in [6, 6.07) is 7.92. The number of aromatic amines is 1. The molecule has 0 aliphatic carbocycles. The van der Waals surface area contributed by atoms with Crippen LogP contribution in [0.5, 0.6) is 0 Å². The lowest BCUT2D eigenvalue weighted by molar-refractivity contribution is 0.633. The second-order valence-electron chi connectivity index (χ2n) is 4.67. The molecule has 5 nitrogen and oxygen atoms in total. The fourth-order valence-electron chi connectivity index (χ4n) is 2.11. The first kappa shape index (κ1) is 12.7. The molecule has 0 radical (unpaired) electrons. The minimum atomic E-state index is 0.746. The molecule has 0 saturated carbocycles. The largest absolute Gasteiger partial charge is 0.349 e. The minimum absolute atomic E-state index is 0.746. The van der Waals surface area contributed by atoms with Gasteiger partial charge in [-0.15, -0.1) is 0 Å². The number of benzene rings is 1. The van der Waals surface area contributed by atoms with E-state index in [9.17, 15) is 0 Å². The number of hydrogen-bond donors (Lipinski definition) is 2. The molecule has 0 bridgehead atoms. The highest BCUT2D eigenvalue weighted by Gasteiger charge is 1.99. The van der Waals surface area contributed by atoms with Crippen LogP contribution in [0.1, 0.15) is 17.9 Å². The molecule has 5 heteroatoms. The van der Waals surface area contributed by atoms with Crippen LogP contribution >= 0.6 is 0 Å². The number of hydrogen-bond acceptors (Lipinski definition) is 4. The van der Waals surface area contributed by atoms with Crippen LogP contribution in [-0.4, -0.2) is 26.5 Å². The molecule has 0 aliphatic heterocycles. The second kappa shape index (κ2) is 6.25. The summed E-state index contributed by atoms with van der Waals surface area (Å²) in [5, 5.41) is 3.38. The number of H-pyrrole nitrogens is 1. The highest BCUT2D eigenvalue weighted by Crippen LogP contribution is 2.08. The number of nitrogens with one attached hydrogen (secondary N) is 2. The lowest BCUT2D eigenvalue weighted by Crippen LogP contribution is -2.16. The average molecular weight is 267 g/mol. The SMILES string of the molecule is c1ccc2nc(CNCCCc3ncc[nH]3)cnc2c1. The number of nitrogens with zero attached hydrogens (tertiary/aromatic N) is 3. The Morgan fingerprint density at radius 1 is 1.10 bits per heavy atom. The van der Waals surface area contributed by atoms with E-state index in [2.05, 4.69) is 25.3 Å². The zero-order valence-electron chi connectivity index (χ0n) is 11.2. The van der Waals surface area contributed by atoms with E-state index in [-0.39, 0.29) is 0 Å². The maximum atomic E-state index is 4.58. The van der Waals surface area contributed by atoms with Crippen LogP contribution in [0.2, 0.25) is 0 Å². The standard InChI is InChI=1S/C15H17N5/c1-2-5-14-13(4-1)19-11-12(20-14)10-16-7-3-6-15-17-8-9-18-15/h1-2,4-5,8-9,11,16H,3,6-7,10H2,(H,17,18). The van der Waals surface area contributed by atoms with Crippen LogP contribution in [0.15, 0.2) is 42.9 Å². The molecule has 20 heavy (non-hydrogen) atoms. The van der Waals surface area contributed by atoms with Gasteiger partial charge in [0, 0.05) is 25.4 Å². The molecule has 1 aromatic carbocycles. The summed E-state index contributed by atoms with van der Waals surface area (Å²) < 4.78 is 0. The van der Waals surface area contributed by atoms with Crippen LogP contribution < -0.4 is 5.32 Å². The van der Waals surface area contributed by atoms with Crippen molar-refractivity contribution in [3.63, 3.8) is 0 Å². The summed E-state index contributed by atoms with van der Waals surface area (Å²) in [4.78, 5) is 16.3. The normalized spacial score (nSPS) is 11.0. The quantitative estimate of drug-likeness (QED) is 0.671. The summed E-state index contributed by atoms with van der Waals surface area (Å²) in [6.07, 6.45) is 7.49. The molecule has 0 spiro atoms. The van der Waals surface area contributed by atoms with E-state index in [1.54, 1.807) is 6.20 Å². The van der Waals surface area contributed by atoms with E-state index >= 15 is 0 Å². The Hall–Kier alpha value is -2.27. The molecule has 0 atom stereocenters. The molecular formula is C15H17N5. The molecular weight excluding hydrogens is 250 g/mol. The van der Waals surface area contributed by atoms with Gasteiger partial charge < -0.3 is 10.3 Å². The number of para-hydroxylation sites is 2. The lowest BCUT2D eigenvalue weighted by atomic mass is 10.3. The van der Waals surface area contributed by atoms with Crippen LogP contribution in [0, 0.1) is 0 Å². The number of imidazole rings is 1. The van der Waals surface area contributed by atoms with Crippen molar-refractivity contribution < 1.29 is 0 Å². The van der Waals surface area contributed by atoms with Gasteiger partial charge in [-0.05, 0) is 25.1 Å². The molecule has 2 aromatic heterocycles. The van der Waals surface area contributed by atoms with Crippen molar-refractivity contribution in [3.05, 3.63) is 54.4 Å². The van der Waals surface area contributed by atoms with Crippen LogP contribution in [0.25, 0.3) is 11.0 Å². The Morgan fingerprint density at radius 2 is 2.00 bits per heavy atom. The fraction of sp³-hybridized carbons (Fsp3) is 0.267. The molecule has 0 fully saturated rings. The number of fused-ring (bicyclic) bond motifs is 1. The van der Waals surface area contributed by atoms with Gasteiger partial charge in [0.25, 0.3) is 0 Å². The maximum Gasteiger partial charge on any atom is 0.106 e. The van der Waals surface area contributed by atoms with Gasteiger partial charge in [-0.25, -0.2) is 9.97 Å². The van der Waals surface area contributed by atoms with E-state index in [4.69, 9.17) is 0 Å². The van der Waals surface area contributed by atoms with E-state index in [1.165, 1.54) is 0 Å². The van der Waals surface area contributed by atoms with Gasteiger partial charge in [0.05, 0.1) is 22.9 Å². The Kier molecular flexibility index (Phi) is 3.99. The molecule has 0 aliphatic rings. The Morgan fingerprint density at radius 3 is 2.85 bits per heavy atom. The third-order valence-electron chi connectivity index (χ3n) is 3.13. The van der Waals surface area contributed by atoms with Gasteiger partial charge in [-0.1, -0.05) is 12.1 Å². The molecule has 102 valence electrons. The summed E-state index contributed by atoms with van der Waals surface area (Å²) in [6.45, 7) is 1.69. The van der Waals surface area contributed by atoms with E-state index < -0.39 is 0 Å². The van der Waals surface area contributed by atoms with Crippen molar-refractivity contribution >= 4 is 11.0 Å². The third kappa shape index (κ3) is 3.19. The zero-order valence-corrected chi connectivity index (χ0v) is 11.2. The van der Waals surface area contributed by atoms with Gasteiger partial charge in [0.2, 0.25) is 0 Å². The van der Waals surface area contributed by atoms with Crippen molar-refractivity contribution in [2.45, 2.75) is 19.4 Å². The molecule has 0 unspecified atom stereocenters. The van der Waals surface area contributed by atoms with Crippen molar-refractivity contribution in [3.8, 4) is 0 Å². The predicted molar refractivity (Wildman–Crippen MR) is 78.2 cm³/mol. The third-order valence-corrected chi connectivity index (χ3v) is 3.13. The number of rotatable bonds is 6. The lowest BCUT2D eigenvalue weighted by Gasteiger charge is -2.04. The van der Waals surface area contributed by atoms with E-state index in [1.807, 2.05) is 36.7 Å². The van der Waals surface area contributed by atoms with E-state index in [0.29, 0.717) is 0 Å². The first-order valence-electron chi connectivity index (χ1n) is 6.81. The molecule has 3 rings (SSSR count). The molecule has 0 amide bonds. The Bertz CT molecular complexity index is 663. The van der Waals surface area contributed by atoms with Gasteiger partial charge in [0.1, 0.15) is 5.82 Å². The zero-order chi connectivity index (χ0) is 13.6. The molecule has 3 aromatic rings. The maximum absolute atomic E-state index is 4.58. The summed E-state index contributed by atoms with van der Waals surface area (Å²) >= 11 is 0. The van der Waals surface area contributed by atoms with Gasteiger partial charge in [0.15, 0.2) is 0 Å². The predicted octanol–water partition coefficient (Wildman–Crippen LogP) is 2.08. The number of aryl methyl sites for hydroxylation is 1. The highest BCUT2D eigenvalue weighted by molar-refractivity contribution is 5.73. The molecule has 2 heterocycles. The first-order chi connectivity index (χ1) is 9.92. The molecule has 0 saturated heterocycles. The second-order valence-corrected chi connectivity index (χ2v) is 4.67. The Labute approximate surface area is 117 Å². The minimum Gasteiger partial charge on any atom is -0.349 e. The topological polar surface area (TPSA) is 66.5 Å². The fourth-order valence-corrected chi connectivity index (χ4v) is 2.11. The smallest absolute Gasteiger partial charge is 0.106 e. The monoisotopic (exact) mass is 267 g/mol. The highest BCUT2D eigenvalue weighted by atomic mass is 14.9. The van der Waals surface area contributed by atoms with Crippen molar-refractivity contribution in [1.29, 1.82) is 0 Å². The van der Waals surface area contributed by atoms with Crippen LogP contribution in [-0.2, 0) is 13.0 Å². The first-order valence-corrected chi connectivity index (χ1v) is 6.81. The Balaban J connectivity index is 1.47. The summed E-state index contributed by atoms with van der Waals surface area (Å²) in [5.74, 6) is 1.04. The van der Waals surface area contributed by atoms with Gasteiger partial charge >= 0.3 is 0 Å². The van der Waals surface area contributed by atoms with Crippen molar-refractivity contribution in [2.24, 2.45) is 0 Å². The van der Waals surface area contributed by atoms with Gasteiger partial charge in [-0.3, -0.25) is 4.98 Å². The average Bonchev–Trinajstić information content (AvgIpc) is 3.00. The van der Waals surface area contributed by atoms with E-state index in [0.717, 1.165) is 48.5 Å². The summed E-state index contributed by atoms with van der Waals surface area (Å²) in [5.41, 5.74) is 2.86. The van der Waals surface area contributed by atoms with Gasteiger partial charge in [-0.2, -0.15) is 0 Å². The van der Waals surface area contributed by atoms with Crippen molar-refractivity contribution in [1.82, 2.24) is 25.3 Å². The van der Waals surface area contributed by atoms with Crippen molar-refractivity contribution in [2.75, 3.05) is 6.54 Å².